The first-order valence-corrected chi connectivity index (χ1v) is 3.92. The van der Waals surface area contributed by atoms with Gasteiger partial charge >= 0.3 is 0 Å². The SMILES string of the molecule is O=[C]CCCC([C]=O)CC[C]=O. The summed E-state index contributed by atoms with van der Waals surface area (Å²) in [7, 11) is 0. The number of unbranched alkanes of at least 4 members (excludes halogenated alkanes) is 1. The van der Waals surface area contributed by atoms with E-state index in [2.05, 4.69) is 0 Å². The molecule has 3 nitrogen and oxygen atoms in total. The van der Waals surface area contributed by atoms with Crippen LogP contribution in [0.4, 0.5) is 0 Å². The lowest BCUT2D eigenvalue weighted by Gasteiger charge is -2.03. The fraction of sp³-hybridized carbons (Fsp3) is 0.667. The number of hydrogen-bond donors (Lipinski definition) is 0. The first-order valence-electron chi connectivity index (χ1n) is 3.92. The first kappa shape index (κ1) is 11.0. The normalized spacial score (nSPS) is 12.0. The van der Waals surface area contributed by atoms with Gasteiger partial charge in [-0.25, -0.2) is 0 Å². The lowest BCUT2D eigenvalue weighted by atomic mass is 9.99. The zero-order valence-electron chi connectivity index (χ0n) is 6.84. The summed E-state index contributed by atoms with van der Waals surface area (Å²) in [6, 6.07) is 0. The highest BCUT2D eigenvalue weighted by atomic mass is 16.1. The molecule has 1 atom stereocenters. The minimum atomic E-state index is -0.222. The van der Waals surface area contributed by atoms with Crippen molar-refractivity contribution in [2.24, 2.45) is 5.92 Å². The molecule has 3 radical (unpaired) electrons. The molecule has 0 aliphatic heterocycles. The van der Waals surface area contributed by atoms with Crippen molar-refractivity contribution in [1.82, 2.24) is 0 Å². The maximum Gasteiger partial charge on any atom is 0.201 e. The van der Waals surface area contributed by atoms with Gasteiger partial charge in [0, 0.05) is 18.8 Å². The molecule has 0 aliphatic carbocycles. The third-order valence-electron chi connectivity index (χ3n) is 1.59. The lowest BCUT2D eigenvalue weighted by Crippen LogP contribution is -2.02. The Hall–Kier alpha value is -0.990. The Kier molecular flexibility index (Phi) is 7.44. The Morgan fingerprint density at radius 3 is 2.08 bits per heavy atom. The number of carbonyl (C=O) groups excluding carboxylic acids is 3. The third kappa shape index (κ3) is 5.77. The monoisotopic (exact) mass is 167 g/mol. The van der Waals surface area contributed by atoms with Gasteiger partial charge in [0.05, 0.1) is 0 Å². The molecule has 12 heavy (non-hydrogen) atoms. The summed E-state index contributed by atoms with van der Waals surface area (Å²) in [5.74, 6) is -0.222. The van der Waals surface area contributed by atoms with Gasteiger partial charge in [0.25, 0.3) is 0 Å². The van der Waals surface area contributed by atoms with Gasteiger partial charge in [-0.3, -0.25) is 14.4 Å². The van der Waals surface area contributed by atoms with Crippen molar-refractivity contribution in [2.75, 3.05) is 0 Å². The minimum absolute atomic E-state index is 0.222. The summed E-state index contributed by atoms with van der Waals surface area (Å²) in [5.41, 5.74) is 0. The standard InChI is InChI=1S/C9H11O3/c10-6-2-1-4-9(8-12)5-3-7-11/h9H,1-5H2. The van der Waals surface area contributed by atoms with Gasteiger partial charge in [-0.15, -0.1) is 0 Å². The second-order valence-electron chi connectivity index (χ2n) is 2.53. The molecule has 0 saturated carbocycles. The van der Waals surface area contributed by atoms with E-state index >= 15 is 0 Å². The van der Waals surface area contributed by atoms with E-state index in [9.17, 15) is 14.4 Å². The molecule has 0 fully saturated rings. The van der Waals surface area contributed by atoms with Crippen molar-refractivity contribution in [3.05, 3.63) is 0 Å². The Labute approximate surface area is 72.1 Å². The van der Waals surface area contributed by atoms with Gasteiger partial charge in [0.2, 0.25) is 6.29 Å². The molecule has 65 valence electrons. The minimum Gasteiger partial charge on any atom is -0.291 e. The van der Waals surface area contributed by atoms with Gasteiger partial charge in [-0.05, 0) is 19.3 Å². The molecular weight excluding hydrogens is 156 g/mol. The fourth-order valence-electron chi connectivity index (χ4n) is 0.916. The van der Waals surface area contributed by atoms with Crippen LogP contribution in [0.1, 0.15) is 32.1 Å². The molecule has 0 amide bonds. The van der Waals surface area contributed by atoms with E-state index in [4.69, 9.17) is 0 Å². The first-order chi connectivity index (χ1) is 5.85. The summed E-state index contributed by atoms with van der Waals surface area (Å²) in [6.07, 6.45) is 7.66. The maximum atomic E-state index is 10.3. The predicted octanol–water partition coefficient (Wildman–Crippen LogP) is 0.882. The number of hydrogen-bond acceptors (Lipinski definition) is 3. The van der Waals surface area contributed by atoms with Crippen LogP contribution in [0.3, 0.4) is 0 Å². The van der Waals surface area contributed by atoms with Gasteiger partial charge in [0.1, 0.15) is 0 Å². The average molecular weight is 167 g/mol. The summed E-state index contributed by atoms with van der Waals surface area (Å²) in [5, 5.41) is 0. The Morgan fingerprint density at radius 2 is 1.58 bits per heavy atom. The Morgan fingerprint density at radius 1 is 0.917 bits per heavy atom. The smallest absolute Gasteiger partial charge is 0.201 e. The zero-order chi connectivity index (χ0) is 9.23. The topological polar surface area (TPSA) is 51.2 Å². The Balaban J connectivity index is 3.44. The van der Waals surface area contributed by atoms with E-state index < -0.39 is 0 Å². The number of rotatable bonds is 8. The molecule has 0 aromatic heterocycles. The second kappa shape index (κ2) is 8.11. The van der Waals surface area contributed by atoms with Crippen LogP contribution in [0.25, 0.3) is 0 Å². The zero-order valence-corrected chi connectivity index (χ0v) is 6.84. The van der Waals surface area contributed by atoms with Crippen LogP contribution < -0.4 is 0 Å². The summed E-state index contributed by atoms with van der Waals surface area (Å²) < 4.78 is 0. The Bertz CT molecular complexity index is 143. The average Bonchev–Trinajstić information content (AvgIpc) is 2.11. The van der Waals surface area contributed by atoms with E-state index in [1.54, 1.807) is 12.6 Å². The highest BCUT2D eigenvalue weighted by molar-refractivity contribution is 5.57. The van der Waals surface area contributed by atoms with Crippen LogP contribution in [0, 0.1) is 5.92 Å². The van der Waals surface area contributed by atoms with Crippen molar-refractivity contribution < 1.29 is 14.4 Å². The van der Waals surface area contributed by atoms with Crippen molar-refractivity contribution in [2.45, 2.75) is 32.1 Å². The van der Waals surface area contributed by atoms with E-state index in [0.717, 1.165) is 0 Å². The lowest BCUT2D eigenvalue weighted by molar-refractivity contribution is 0.478. The predicted molar refractivity (Wildman–Crippen MR) is 43.7 cm³/mol. The molecule has 0 spiro atoms. The van der Waals surface area contributed by atoms with E-state index in [1.807, 2.05) is 6.29 Å². The third-order valence-corrected chi connectivity index (χ3v) is 1.59. The molecule has 0 heterocycles. The van der Waals surface area contributed by atoms with Crippen molar-refractivity contribution in [3.63, 3.8) is 0 Å². The van der Waals surface area contributed by atoms with Crippen molar-refractivity contribution in [3.8, 4) is 0 Å². The molecule has 0 aliphatic rings. The van der Waals surface area contributed by atoms with E-state index in [0.29, 0.717) is 25.7 Å². The quantitative estimate of drug-likeness (QED) is 0.504. The van der Waals surface area contributed by atoms with Crippen LogP contribution in [-0.4, -0.2) is 18.9 Å². The van der Waals surface area contributed by atoms with Crippen LogP contribution in [0.2, 0.25) is 0 Å². The molecular formula is C9H11O3. The molecule has 0 aromatic rings. The second-order valence-corrected chi connectivity index (χ2v) is 2.53. The van der Waals surface area contributed by atoms with Crippen LogP contribution in [0.5, 0.6) is 0 Å². The van der Waals surface area contributed by atoms with Gasteiger partial charge in [0.15, 0.2) is 12.6 Å². The summed E-state index contributed by atoms with van der Waals surface area (Å²) >= 11 is 0. The van der Waals surface area contributed by atoms with Gasteiger partial charge in [-0.1, -0.05) is 0 Å². The summed E-state index contributed by atoms with van der Waals surface area (Å²) in [6.45, 7) is 0. The van der Waals surface area contributed by atoms with Crippen LogP contribution in [0.15, 0.2) is 0 Å². The fourth-order valence-corrected chi connectivity index (χ4v) is 0.916. The molecule has 0 aromatic carbocycles. The molecule has 3 heteroatoms. The molecule has 0 saturated heterocycles. The van der Waals surface area contributed by atoms with Gasteiger partial charge < -0.3 is 0 Å². The van der Waals surface area contributed by atoms with Crippen LogP contribution in [-0.2, 0) is 14.4 Å². The molecule has 1 unspecified atom stereocenters. The van der Waals surface area contributed by atoms with Gasteiger partial charge in [-0.2, -0.15) is 0 Å². The van der Waals surface area contributed by atoms with Crippen molar-refractivity contribution >= 4 is 18.9 Å². The van der Waals surface area contributed by atoms with Crippen LogP contribution >= 0.6 is 0 Å². The summed E-state index contributed by atoms with van der Waals surface area (Å²) in [4.78, 5) is 29.9. The highest BCUT2D eigenvalue weighted by Crippen LogP contribution is 2.10. The van der Waals surface area contributed by atoms with Crippen molar-refractivity contribution in [1.29, 1.82) is 0 Å². The van der Waals surface area contributed by atoms with E-state index in [-0.39, 0.29) is 12.3 Å². The largest absolute Gasteiger partial charge is 0.291 e. The highest BCUT2D eigenvalue weighted by Gasteiger charge is 2.07. The molecule has 0 N–H and O–H groups in total. The maximum absolute atomic E-state index is 10.3. The van der Waals surface area contributed by atoms with E-state index in [1.165, 1.54) is 0 Å². The molecule has 0 rings (SSSR count). The molecule has 0 bridgehead atoms.